The summed E-state index contributed by atoms with van der Waals surface area (Å²) in [7, 11) is 2.51. The summed E-state index contributed by atoms with van der Waals surface area (Å²) in [5.74, 6) is 11.4. The highest BCUT2D eigenvalue weighted by molar-refractivity contribution is 5.88. The molecule has 0 aliphatic carbocycles. The lowest BCUT2D eigenvalue weighted by Crippen LogP contribution is -2.51. The van der Waals surface area contributed by atoms with E-state index in [1.165, 1.54) is 20.3 Å². The van der Waals surface area contributed by atoms with Crippen molar-refractivity contribution >= 4 is 48.8 Å². The number of alkyl carbamates (subject to hydrolysis) is 2. The third kappa shape index (κ3) is 10.9. The molecule has 0 radical (unpaired) electrons. The van der Waals surface area contributed by atoms with E-state index in [9.17, 15) is 19.2 Å². The SMILES string of the molecule is COC(=O)N[C@H](C(=O)N1CCC[C@H]1c1ncc(-c2cc(F)c(C#CC#Cc3cnc([C@@H]4CCCN4C(=O)[C@H](NC(=O)OC)c4ccccc4)[nH]3)c(-c3ccccc3)c2)[nH]1)C(C)C.Cl.Cl. The predicted octanol–water partition coefficient (Wildman–Crippen LogP) is 7.66. The zero-order valence-corrected chi connectivity index (χ0v) is 37.3. The van der Waals surface area contributed by atoms with E-state index in [0.717, 1.165) is 18.4 Å². The van der Waals surface area contributed by atoms with Crippen molar-refractivity contribution in [3.05, 3.63) is 119 Å². The van der Waals surface area contributed by atoms with Crippen molar-refractivity contribution in [2.24, 2.45) is 5.92 Å². The number of halogens is 3. The number of nitrogens with zero attached hydrogens (tertiary/aromatic N) is 4. The van der Waals surface area contributed by atoms with Crippen LogP contribution in [0.15, 0.2) is 85.2 Å². The average Bonchev–Trinajstić information content (AvgIpc) is 4.14. The maximum Gasteiger partial charge on any atom is 0.407 e. The number of aromatic nitrogens is 4. The van der Waals surface area contributed by atoms with Gasteiger partial charge in [-0.3, -0.25) is 9.59 Å². The lowest BCUT2D eigenvalue weighted by molar-refractivity contribution is -0.135. The van der Waals surface area contributed by atoms with Crippen LogP contribution in [-0.2, 0) is 19.1 Å². The molecule has 2 aliphatic rings. The first-order chi connectivity index (χ1) is 30.1. The molecule has 4 amide bonds. The van der Waals surface area contributed by atoms with Gasteiger partial charge in [0.2, 0.25) is 5.91 Å². The Morgan fingerprint density at radius 1 is 0.750 bits per heavy atom. The molecule has 5 aromatic rings. The molecule has 7 rings (SSSR count). The van der Waals surface area contributed by atoms with Gasteiger partial charge in [0.25, 0.3) is 5.91 Å². The molecule has 2 fully saturated rings. The first-order valence-electron chi connectivity index (χ1n) is 20.4. The van der Waals surface area contributed by atoms with Crippen LogP contribution in [0.4, 0.5) is 14.0 Å². The summed E-state index contributed by atoms with van der Waals surface area (Å²) < 4.78 is 25.7. The third-order valence-electron chi connectivity index (χ3n) is 11.0. The summed E-state index contributed by atoms with van der Waals surface area (Å²) >= 11 is 0. The van der Waals surface area contributed by atoms with Gasteiger partial charge in [-0.15, -0.1) is 24.8 Å². The summed E-state index contributed by atoms with van der Waals surface area (Å²) in [5.41, 5.74) is 3.68. The number of hydrogen-bond donors (Lipinski definition) is 4. The normalized spacial score (nSPS) is 16.2. The van der Waals surface area contributed by atoms with E-state index in [4.69, 9.17) is 9.47 Å². The quantitative estimate of drug-likeness (QED) is 0.103. The molecule has 0 spiro atoms. The number of likely N-dealkylation sites (tertiary alicyclic amines) is 2. The number of carbonyl (C=O) groups is 4. The van der Waals surface area contributed by atoms with E-state index in [1.54, 1.807) is 46.5 Å². The number of imidazole rings is 2. The maximum absolute atomic E-state index is 16.2. The predicted molar refractivity (Wildman–Crippen MR) is 243 cm³/mol. The first-order valence-corrected chi connectivity index (χ1v) is 20.4. The van der Waals surface area contributed by atoms with Gasteiger partial charge in [-0.25, -0.2) is 23.9 Å². The molecule has 14 nitrogen and oxygen atoms in total. The van der Waals surface area contributed by atoms with Crippen molar-refractivity contribution in [1.29, 1.82) is 0 Å². The van der Waals surface area contributed by atoms with Crippen molar-refractivity contribution in [1.82, 2.24) is 40.4 Å². The number of carbonyl (C=O) groups excluding carboxylic acids is 4. The lowest BCUT2D eigenvalue weighted by atomic mass is 9.96. The molecule has 64 heavy (non-hydrogen) atoms. The van der Waals surface area contributed by atoms with E-state index in [1.807, 2.05) is 56.3 Å². The van der Waals surface area contributed by atoms with Crippen LogP contribution >= 0.6 is 24.8 Å². The molecule has 3 aromatic carbocycles. The number of ether oxygens (including phenoxy) is 2. The zero-order chi connectivity index (χ0) is 43.8. The van der Waals surface area contributed by atoms with E-state index in [2.05, 4.69) is 54.3 Å². The Kier molecular flexibility index (Phi) is 16.6. The Morgan fingerprint density at radius 2 is 1.33 bits per heavy atom. The molecule has 2 aliphatic heterocycles. The molecule has 334 valence electrons. The van der Waals surface area contributed by atoms with Gasteiger partial charge < -0.3 is 39.9 Å². The molecule has 4 atom stereocenters. The second-order valence-corrected chi connectivity index (χ2v) is 15.3. The van der Waals surface area contributed by atoms with Crippen molar-refractivity contribution in [3.63, 3.8) is 0 Å². The highest BCUT2D eigenvalue weighted by atomic mass is 35.5. The number of amides is 4. The van der Waals surface area contributed by atoms with Crippen LogP contribution in [0.2, 0.25) is 0 Å². The average molecular weight is 912 g/mol. The second kappa shape index (κ2) is 22.0. The molecule has 4 heterocycles. The fraction of sp³-hybridized carbons (Fsp3) is 0.319. The monoisotopic (exact) mass is 910 g/mol. The van der Waals surface area contributed by atoms with Crippen LogP contribution in [0.5, 0.6) is 0 Å². The van der Waals surface area contributed by atoms with E-state index in [-0.39, 0.29) is 60.2 Å². The largest absolute Gasteiger partial charge is 0.453 e. The number of methoxy groups -OCH3 is 2. The summed E-state index contributed by atoms with van der Waals surface area (Å²) in [5, 5.41) is 5.33. The van der Waals surface area contributed by atoms with E-state index in [0.29, 0.717) is 65.7 Å². The molecule has 0 unspecified atom stereocenters. The van der Waals surface area contributed by atoms with Crippen LogP contribution < -0.4 is 10.6 Å². The Morgan fingerprint density at radius 3 is 1.97 bits per heavy atom. The van der Waals surface area contributed by atoms with Gasteiger partial charge in [0, 0.05) is 24.2 Å². The summed E-state index contributed by atoms with van der Waals surface area (Å²) in [6.45, 7) is 4.70. The number of rotatable bonds is 10. The number of hydrogen-bond acceptors (Lipinski definition) is 8. The summed E-state index contributed by atoms with van der Waals surface area (Å²) in [4.78, 5) is 70.9. The minimum absolute atomic E-state index is 0. The van der Waals surface area contributed by atoms with Crippen molar-refractivity contribution < 1.29 is 33.0 Å². The lowest BCUT2D eigenvalue weighted by Gasteiger charge is -2.30. The molecule has 0 saturated carbocycles. The molecule has 0 bridgehead atoms. The van der Waals surface area contributed by atoms with Gasteiger partial charge in [-0.2, -0.15) is 0 Å². The number of aromatic amines is 2. The highest BCUT2D eigenvalue weighted by Crippen LogP contribution is 2.36. The fourth-order valence-electron chi connectivity index (χ4n) is 7.93. The van der Waals surface area contributed by atoms with Crippen LogP contribution in [0.25, 0.3) is 22.4 Å². The Hall–Kier alpha value is -6.81. The van der Waals surface area contributed by atoms with E-state index >= 15 is 4.39 Å². The maximum atomic E-state index is 16.2. The summed E-state index contributed by atoms with van der Waals surface area (Å²) in [6, 6.07) is 19.1. The van der Waals surface area contributed by atoms with Crippen molar-refractivity contribution in [2.75, 3.05) is 27.3 Å². The van der Waals surface area contributed by atoms with E-state index < -0.39 is 30.1 Å². The van der Waals surface area contributed by atoms with Gasteiger partial charge in [0.1, 0.15) is 35.2 Å². The fourth-order valence-corrected chi connectivity index (χ4v) is 7.93. The van der Waals surface area contributed by atoms with Crippen LogP contribution in [0, 0.1) is 35.4 Å². The van der Waals surface area contributed by atoms with Gasteiger partial charge in [-0.1, -0.05) is 74.5 Å². The zero-order valence-electron chi connectivity index (χ0n) is 35.6. The van der Waals surface area contributed by atoms with Crippen molar-refractivity contribution in [3.8, 4) is 46.1 Å². The smallest absolute Gasteiger partial charge is 0.407 e. The number of benzene rings is 3. The van der Waals surface area contributed by atoms with Gasteiger partial charge in [0.05, 0.1) is 50.0 Å². The first kappa shape index (κ1) is 48.2. The Bertz CT molecular complexity index is 2560. The molecular weight excluding hydrogens is 862 g/mol. The summed E-state index contributed by atoms with van der Waals surface area (Å²) in [6.07, 6.45) is 4.64. The third-order valence-corrected chi connectivity index (χ3v) is 11.0. The Labute approximate surface area is 383 Å². The van der Waals surface area contributed by atoms with Gasteiger partial charge in [0.15, 0.2) is 0 Å². The minimum Gasteiger partial charge on any atom is -0.453 e. The molecule has 2 saturated heterocycles. The number of H-pyrrole nitrogens is 2. The van der Waals surface area contributed by atoms with Crippen LogP contribution in [0.3, 0.4) is 0 Å². The van der Waals surface area contributed by atoms with Gasteiger partial charge >= 0.3 is 12.2 Å². The molecular formula is C47H49Cl2FN8O6. The Balaban J connectivity index is 0.00000385. The van der Waals surface area contributed by atoms with Crippen LogP contribution in [-0.4, -0.2) is 87.1 Å². The second-order valence-electron chi connectivity index (χ2n) is 15.3. The van der Waals surface area contributed by atoms with Crippen molar-refractivity contribution in [2.45, 2.75) is 63.7 Å². The minimum atomic E-state index is -0.942. The van der Waals surface area contributed by atoms with Crippen LogP contribution in [0.1, 0.15) is 86.1 Å². The van der Waals surface area contributed by atoms with Gasteiger partial charge in [-0.05, 0) is 78.5 Å². The highest BCUT2D eigenvalue weighted by Gasteiger charge is 2.39. The molecule has 2 aromatic heterocycles. The molecule has 17 heteroatoms. The number of nitrogens with one attached hydrogen (secondary N) is 4. The topological polar surface area (TPSA) is 175 Å². The molecule has 4 N–H and O–H groups in total. The standard InChI is InChI=1S/C47H47FN8O6.2ClH/c1-29(2)40(53-46(59)61-3)44(57)55-23-14-22-39(55)43-50-28-37(52-43)32-25-35(30-15-7-5-8-16-30)34(36(48)26-32)20-12-11-19-33-27-49-42(51-33)38-21-13-24-56(38)45(58)41(54-47(60)62-4)31-17-9-6-10-18-31;;/h5-10,15-18,25-29,38-41H,13-14,21-24H2,1-4H3,(H,49,51)(H,50,52)(H,53,59)(H,54,60);2*1H/t38-,39-,40-,41+;;/m0../s1.